The van der Waals surface area contributed by atoms with Crippen LogP contribution in [0.2, 0.25) is 0 Å². The molecule has 1 N–H and O–H groups in total. The van der Waals surface area contributed by atoms with Gasteiger partial charge in [0.15, 0.2) is 11.5 Å². The maximum Gasteiger partial charge on any atom is 0.225 e. The third-order valence-corrected chi connectivity index (χ3v) is 3.06. The quantitative estimate of drug-likeness (QED) is 0.708. The molecule has 0 aromatic heterocycles. The summed E-state index contributed by atoms with van der Waals surface area (Å²) in [5.74, 6) is 1.42. The zero-order valence-corrected chi connectivity index (χ0v) is 13.4. The number of ether oxygens (including phenoxy) is 2. The van der Waals surface area contributed by atoms with E-state index in [0.717, 1.165) is 25.1 Å². The zero-order chi connectivity index (χ0) is 15.7. The lowest BCUT2D eigenvalue weighted by molar-refractivity contribution is -0.129. The van der Waals surface area contributed by atoms with Gasteiger partial charge in [0.2, 0.25) is 5.91 Å². The van der Waals surface area contributed by atoms with Crippen LogP contribution >= 0.6 is 0 Å². The van der Waals surface area contributed by atoms with E-state index >= 15 is 0 Å². The summed E-state index contributed by atoms with van der Waals surface area (Å²) in [7, 11) is 5.09. The molecule has 0 aliphatic rings. The van der Waals surface area contributed by atoms with Crippen molar-refractivity contribution < 1.29 is 14.3 Å². The largest absolute Gasteiger partial charge is 0.493 e. The van der Waals surface area contributed by atoms with Gasteiger partial charge >= 0.3 is 0 Å². The van der Waals surface area contributed by atoms with Crippen molar-refractivity contribution in [3.05, 3.63) is 23.8 Å². The number of benzene rings is 1. The number of rotatable bonds is 9. The molecule has 5 nitrogen and oxygen atoms in total. The van der Waals surface area contributed by atoms with Crippen molar-refractivity contribution in [3.8, 4) is 11.5 Å². The normalized spacial score (nSPS) is 10.3. The van der Waals surface area contributed by atoms with Gasteiger partial charge in [-0.05, 0) is 30.7 Å². The second-order valence-corrected chi connectivity index (χ2v) is 5.05. The topological polar surface area (TPSA) is 50.8 Å². The summed E-state index contributed by atoms with van der Waals surface area (Å²) in [5.41, 5.74) is 1.14. The maximum absolute atomic E-state index is 11.5. The lowest BCUT2D eigenvalue weighted by Gasteiger charge is -2.14. The fraction of sp³-hybridized carbons (Fsp3) is 0.562. The Kier molecular flexibility index (Phi) is 7.61. The van der Waals surface area contributed by atoms with Crippen LogP contribution in [-0.2, 0) is 11.3 Å². The SMILES string of the molecule is CCCNCc1ccc(OC)c(OCCC(=O)N(C)C)c1. The van der Waals surface area contributed by atoms with Crippen molar-refractivity contribution in [1.29, 1.82) is 0 Å². The minimum atomic E-state index is 0.0507. The first kappa shape index (κ1) is 17.3. The summed E-state index contributed by atoms with van der Waals surface area (Å²) in [6, 6.07) is 5.87. The van der Waals surface area contributed by atoms with Gasteiger partial charge in [-0.1, -0.05) is 13.0 Å². The van der Waals surface area contributed by atoms with E-state index in [4.69, 9.17) is 9.47 Å². The van der Waals surface area contributed by atoms with E-state index in [9.17, 15) is 4.79 Å². The van der Waals surface area contributed by atoms with Crippen LogP contribution in [0, 0.1) is 0 Å². The van der Waals surface area contributed by atoms with E-state index in [1.165, 1.54) is 0 Å². The molecular formula is C16H26N2O3. The summed E-state index contributed by atoms with van der Waals surface area (Å²) in [6.07, 6.45) is 1.46. The molecule has 0 saturated carbocycles. The minimum Gasteiger partial charge on any atom is -0.493 e. The van der Waals surface area contributed by atoms with Crippen molar-refractivity contribution in [2.24, 2.45) is 0 Å². The highest BCUT2D eigenvalue weighted by atomic mass is 16.5. The third-order valence-electron chi connectivity index (χ3n) is 3.06. The van der Waals surface area contributed by atoms with Crippen LogP contribution in [0.25, 0.3) is 0 Å². The Morgan fingerprint density at radius 3 is 2.67 bits per heavy atom. The fourth-order valence-corrected chi connectivity index (χ4v) is 1.83. The van der Waals surface area contributed by atoms with Gasteiger partial charge in [0.25, 0.3) is 0 Å². The van der Waals surface area contributed by atoms with E-state index in [2.05, 4.69) is 12.2 Å². The molecule has 118 valence electrons. The second kappa shape index (κ2) is 9.23. The lowest BCUT2D eigenvalue weighted by atomic mass is 10.2. The van der Waals surface area contributed by atoms with Gasteiger partial charge in [0.1, 0.15) is 0 Å². The predicted octanol–water partition coefficient (Wildman–Crippen LogP) is 2.05. The lowest BCUT2D eigenvalue weighted by Crippen LogP contribution is -2.23. The van der Waals surface area contributed by atoms with Gasteiger partial charge in [-0.2, -0.15) is 0 Å². The van der Waals surface area contributed by atoms with Crippen LogP contribution < -0.4 is 14.8 Å². The Morgan fingerprint density at radius 1 is 1.29 bits per heavy atom. The van der Waals surface area contributed by atoms with Crippen molar-refractivity contribution in [1.82, 2.24) is 10.2 Å². The summed E-state index contributed by atoms with van der Waals surface area (Å²) in [5, 5.41) is 3.35. The molecule has 0 unspecified atom stereocenters. The smallest absolute Gasteiger partial charge is 0.225 e. The van der Waals surface area contributed by atoms with Crippen molar-refractivity contribution in [2.45, 2.75) is 26.3 Å². The number of hydrogen-bond acceptors (Lipinski definition) is 4. The Morgan fingerprint density at radius 2 is 2.05 bits per heavy atom. The second-order valence-electron chi connectivity index (χ2n) is 5.05. The summed E-state index contributed by atoms with van der Waals surface area (Å²) < 4.78 is 11.0. The summed E-state index contributed by atoms with van der Waals surface area (Å²) in [6.45, 7) is 4.26. The number of hydrogen-bond donors (Lipinski definition) is 1. The molecule has 0 saturated heterocycles. The number of carbonyl (C=O) groups excluding carboxylic acids is 1. The monoisotopic (exact) mass is 294 g/mol. The number of amides is 1. The summed E-state index contributed by atoms with van der Waals surface area (Å²) >= 11 is 0. The standard InChI is InChI=1S/C16H26N2O3/c1-5-9-17-12-13-6-7-14(20-4)15(11-13)21-10-8-16(19)18(2)3/h6-7,11,17H,5,8-10,12H2,1-4H3. The van der Waals surface area contributed by atoms with Crippen LogP contribution in [0.15, 0.2) is 18.2 Å². The van der Waals surface area contributed by atoms with E-state index in [-0.39, 0.29) is 5.91 Å². The highest BCUT2D eigenvalue weighted by molar-refractivity contribution is 5.75. The Balaban J connectivity index is 2.60. The van der Waals surface area contributed by atoms with Crippen molar-refractivity contribution in [3.63, 3.8) is 0 Å². The van der Waals surface area contributed by atoms with Gasteiger partial charge in [-0.25, -0.2) is 0 Å². The Hall–Kier alpha value is -1.75. The van der Waals surface area contributed by atoms with Crippen LogP contribution in [-0.4, -0.2) is 45.2 Å². The first-order chi connectivity index (χ1) is 10.1. The van der Waals surface area contributed by atoms with Crippen LogP contribution in [0.1, 0.15) is 25.3 Å². The highest BCUT2D eigenvalue weighted by Gasteiger charge is 2.08. The fourth-order valence-electron chi connectivity index (χ4n) is 1.83. The molecule has 0 atom stereocenters. The molecule has 0 aliphatic heterocycles. The first-order valence-electron chi connectivity index (χ1n) is 7.29. The van der Waals surface area contributed by atoms with E-state index in [1.807, 2.05) is 18.2 Å². The molecule has 0 radical (unpaired) electrons. The van der Waals surface area contributed by atoms with Crippen LogP contribution in [0.5, 0.6) is 11.5 Å². The van der Waals surface area contributed by atoms with E-state index in [0.29, 0.717) is 24.5 Å². The molecule has 1 amide bonds. The predicted molar refractivity (Wildman–Crippen MR) is 83.8 cm³/mol. The molecule has 0 heterocycles. The molecule has 1 rings (SSSR count). The minimum absolute atomic E-state index is 0.0507. The summed E-state index contributed by atoms with van der Waals surface area (Å²) in [4.78, 5) is 13.1. The molecular weight excluding hydrogens is 268 g/mol. The van der Waals surface area contributed by atoms with Gasteiger partial charge in [0.05, 0.1) is 20.1 Å². The maximum atomic E-state index is 11.5. The molecule has 0 aliphatic carbocycles. The van der Waals surface area contributed by atoms with Crippen LogP contribution in [0.3, 0.4) is 0 Å². The van der Waals surface area contributed by atoms with E-state index in [1.54, 1.807) is 26.1 Å². The molecule has 1 aromatic carbocycles. The van der Waals surface area contributed by atoms with Gasteiger partial charge < -0.3 is 19.7 Å². The first-order valence-corrected chi connectivity index (χ1v) is 7.29. The molecule has 21 heavy (non-hydrogen) atoms. The number of nitrogens with zero attached hydrogens (tertiary/aromatic N) is 1. The Labute approximate surface area is 127 Å². The third kappa shape index (κ3) is 6.04. The number of methoxy groups -OCH3 is 1. The van der Waals surface area contributed by atoms with Crippen molar-refractivity contribution >= 4 is 5.91 Å². The molecule has 0 fully saturated rings. The molecule has 5 heteroatoms. The molecule has 0 bridgehead atoms. The van der Waals surface area contributed by atoms with Gasteiger partial charge in [-0.3, -0.25) is 4.79 Å². The van der Waals surface area contributed by atoms with Gasteiger partial charge in [-0.15, -0.1) is 0 Å². The van der Waals surface area contributed by atoms with Gasteiger partial charge in [0, 0.05) is 20.6 Å². The zero-order valence-electron chi connectivity index (χ0n) is 13.4. The van der Waals surface area contributed by atoms with Crippen LogP contribution in [0.4, 0.5) is 0 Å². The molecule has 0 spiro atoms. The van der Waals surface area contributed by atoms with E-state index < -0.39 is 0 Å². The number of nitrogens with one attached hydrogen (secondary N) is 1. The average Bonchev–Trinajstić information content (AvgIpc) is 2.47. The Bertz CT molecular complexity index is 447. The highest BCUT2D eigenvalue weighted by Crippen LogP contribution is 2.28. The average molecular weight is 294 g/mol. The number of carbonyl (C=O) groups is 1. The molecule has 1 aromatic rings. The van der Waals surface area contributed by atoms with Crippen molar-refractivity contribution in [2.75, 3.05) is 34.4 Å².